The molecule has 1 aliphatic rings. The maximum Gasteiger partial charge on any atom is 0.259 e. The third kappa shape index (κ3) is 2.00. The summed E-state index contributed by atoms with van der Waals surface area (Å²) in [7, 11) is 0. The predicted octanol–water partition coefficient (Wildman–Crippen LogP) is 2.49. The van der Waals surface area contributed by atoms with Crippen LogP contribution in [0.25, 0.3) is 10.8 Å². The molecule has 3 rings (SSSR count). The van der Waals surface area contributed by atoms with E-state index in [4.69, 9.17) is 0 Å². The molecule has 0 aliphatic carbocycles. The predicted molar refractivity (Wildman–Crippen MR) is 83.4 cm³/mol. The van der Waals surface area contributed by atoms with Crippen molar-refractivity contribution in [1.29, 1.82) is 0 Å². The van der Waals surface area contributed by atoms with Gasteiger partial charge in [-0.3, -0.25) is 14.5 Å². The molecule has 0 aromatic heterocycles. The zero-order chi connectivity index (χ0) is 15.0. The number of carbonyl (C=O) groups excluding carboxylic acids is 2. The van der Waals surface area contributed by atoms with E-state index < -0.39 is 6.04 Å². The summed E-state index contributed by atoms with van der Waals surface area (Å²) in [6.45, 7) is 5.70. The fraction of sp³-hybridized carbons (Fsp3) is 0.176. The van der Waals surface area contributed by atoms with Gasteiger partial charge in [0.25, 0.3) is 5.91 Å². The average molecular weight is 280 g/mol. The summed E-state index contributed by atoms with van der Waals surface area (Å²) in [5, 5.41) is 4.68. The standard InChI is InChI=1S/C17H16N2O2/c1-3-10-18-16(20)11(2)19-14-9-5-7-12-6-4-8-13(15(12)14)17(19)21/h3-9,11H,1,10H2,2H3,(H,18,20). The van der Waals surface area contributed by atoms with Crippen LogP contribution in [0, 0.1) is 0 Å². The first-order chi connectivity index (χ1) is 10.1. The van der Waals surface area contributed by atoms with Gasteiger partial charge in [-0.1, -0.05) is 30.3 Å². The number of benzene rings is 2. The van der Waals surface area contributed by atoms with E-state index in [0.29, 0.717) is 12.1 Å². The number of hydrogen-bond donors (Lipinski definition) is 1. The van der Waals surface area contributed by atoms with Crippen molar-refractivity contribution >= 4 is 28.3 Å². The van der Waals surface area contributed by atoms with E-state index in [2.05, 4.69) is 11.9 Å². The molecule has 0 saturated heterocycles. The van der Waals surface area contributed by atoms with Crippen LogP contribution in [0.1, 0.15) is 17.3 Å². The van der Waals surface area contributed by atoms with Crippen LogP contribution < -0.4 is 10.2 Å². The summed E-state index contributed by atoms with van der Waals surface area (Å²) in [5.74, 6) is -0.309. The molecule has 1 unspecified atom stereocenters. The van der Waals surface area contributed by atoms with Crippen molar-refractivity contribution in [2.45, 2.75) is 13.0 Å². The van der Waals surface area contributed by atoms with Crippen LogP contribution in [0.3, 0.4) is 0 Å². The highest BCUT2D eigenvalue weighted by Crippen LogP contribution is 2.38. The molecule has 4 nitrogen and oxygen atoms in total. The Morgan fingerprint density at radius 3 is 2.76 bits per heavy atom. The van der Waals surface area contributed by atoms with Crippen molar-refractivity contribution < 1.29 is 9.59 Å². The van der Waals surface area contributed by atoms with Gasteiger partial charge in [0.15, 0.2) is 0 Å². The molecule has 0 saturated carbocycles. The quantitative estimate of drug-likeness (QED) is 0.875. The number of amides is 2. The second-order valence-electron chi connectivity index (χ2n) is 5.07. The lowest BCUT2D eigenvalue weighted by Gasteiger charge is -2.24. The molecule has 0 bridgehead atoms. The molecule has 1 heterocycles. The van der Waals surface area contributed by atoms with Gasteiger partial charge in [-0.25, -0.2) is 0 Å². The Kier molecular flexibility index (Phi) is 3.22. The van der Waals surface area contributed by atoms with Gasteiger partial charge in [0.05, 0.1) is 5.69 Å². The van der Waals surface area contributed by atoms with Crippen LogP contribution in [0.2, 0.25) is 0 Å². The summed E-state index contributed by atoms with van der Waals surface area (Å²) in [6.07, 6.45) is 1.62. The van der Waals surface area contributed by atoms with Crippen molar-refractivity contribution in [3.8, 4) is 0 Å². The number of anilines is 1. The molecule has 21 heavy (non-hydrogen) atoms. The van der Waals surface area contributed by atoms with Crippen molar-refractivity contribution in [3.63, 3.8) is 0 Å². The molecule has 1 aliphatic heterocycles. The first kappa shape index (κ1) is 13.4. The molecular weight excluding hydrogens is 264 g/mol. The number of carbonyl (C=O) groups is 2. The van der Waals surface area contributed by atoms with Gasteiger partial charge in [0, 0.05) is 17.5 Å². The highest BCUT2D eigenvalue weighted by Gasteiger charge is 2.35. The van der Waals surface area contributed by atoms with Crippen LogP contribution in [0.5, 0.6) is 0 Å². The van der Waals surface area contributed by atoms with Gasteiger partial charge in [0.1, 0.15) is 6.04 Å². The van der Waals surface area contributed by atoms with Crippen molar-refractivity contribution in [2.75, 3.05) is 11.4 Å². The lowest BCUT2D eigenvalue weighted by molar-refractivity contribution is -0.121. The average Bonchev–Trinajstić information content (AvgIpc) is 2.79. The smallest absolute Gasteiger partial charge is 0.259 e. The van der Waals surface area contributed by atoms with Gasteiger partial charge in [-0.2, -0.15) is 0 Å². The van der Waals surface area contributed by atoms with Crippen molar-refractivity contribution in [1.82, 2.24) is 5.32 Å². The van der Waals surface area contributed by atoms with E-state index in [9.17, 15) is 9.59 Å². The van der Waals surface area contributed by atoms with Crippen molar-refractivity contribution in [2.24, 2.45) is 0 Å². The Hall–Kier alpha value is -2.62. The Morgan fingerprint density at radius 2 is 2.05 bits per heavy atom. The van der Waals surface area contributed by atoms with Crippen LogP contribution in [-0.2, 0) is 4.79 Å². The SMILES string of the molecule is C=CCNC(=O)C(C)N1C(=O)c2cccc3cccc1c23. The Balaban J connectivity index is 2.03. The number of hydrogen-bond acceptors (Lipinski definition) is 2. The maximum absolute atomic E-state index is 12.6. The largest absolute Gasteiger partial charge is 0.351 e. The highest BCUT2D eigenvalue weighted by molar-refractivity contribution is 6.26. The molecule has 0 spiro atoms. The summed E-state index contributed by atoms with van der Waals surface area (Å²) in [6, 6.07) is 10.8. The number of rotatable bonds is 4. The van der Waals surface area contributed by atoms with E-state index in [-0.39, 0.29) is 11.8 Å². The van der Waals surface area contributed by atoms with E-state index in [0.717, 1.165) is 16.5 Å². The molecule has 1 N–H and O–H groups in total. The molecule has 1 atom stereocenters. The van der Waals surface area contributed by atoms with E-state index in [1.54, 1.807) is 17.9 Å². The number of nitrogens with one attached hydrogen (secondary N) is 1. The monoisotopic (exact) mass is 280 g/mol. The molecule has 106 valence electrons. The van der Waals surface area contributed by atoms with Crippen LogP contribution >= 0.6 is 0 Å². The Morgan fingerprint density at radius 1 is 1.33 bits per heavy atom. The topological polar surface area (TPSA) is 49.4 Å². The van der Waals surface area contributed by atoms with Crippen molar-refractivity contribution in [3.05, 3.63) is 54.6 Å². The Labute approximate surface area is 123 Å². The third-order valence-electron chi connectivity index (χ3n) is 3.78. The molecule has 2 aromatic rings. The summed E-state index contributed by atoms with van der Waals surface area (Å²) >= 11 is 0. The van der Waals surface area contributed by atoms with Crippen LogP contribution in [0.4, 0.5) is 5.69 Å². The molecule has 0 radical (unpaired) electrons. The minimum Gasteiger partial charge on any atom is -0.351 e. The van der Waals surface area contributed by atoms with Gasteiger partial charge >= 0.3 is 0 Å². The minimum atomic E-state index is -0.560. The van der Waals surface area contributed by atoms with Crippen LogP contribution in [0.15, 0.2) is 49.1 Å². The van der Waals surface area contributed by atoms with Gasteiger partial charge < -0.3 is 5.32 Å². The summed E-state index contributed by atoms with van der Waals surface area (Å²) in [5.41, 5.74) is 1.46. The first-order valence-electron chi connectivity index (χ1n) is 6.89. The number of nitrogens with zero attached hydrogens (tertiary/aromatic N) is 1. The zero-order valence-corrected chi connectivity index (χ0v) is 11.8. The fourth-order valence-electron chi connectivity index (χ4n) is 2.76. The van der Waals surface area contributed by atoms with Gasteiger partial charge in [-0.05, 0) is 24.4 Å². The Bertz CT molecular complexity index is 746. The van der Waals surface area contributed by atoms with Gasteiger partial charge in [-0.15, -0.1) is 6.58 Å². The highest BCUT2D eigenvalue weighted by atomic mass is 16.2. The first-order valence-corrected chi connectivity index (χ1v) is 6.89. The third-order valence-corrected chi connectivity index (χ3v) is 3.78. The molecule has 2 aromatic carbocycles. The van der Waals surface area contributed by atoms with E-state index in [1.807, 2.05) is 36.4 Å². The lowest BCUT2D eigenvalue weighted by Crippen LogP contribution is -2.46. The van der Waals surface area contributed by atoms with Crippen LogP contribution in [-0.4, -0.2) is 24.4 Å². The van der Waals surface area contributed by atoms with E-state index >= 15 is 0 Å². The maximum atomic E-state index is 12.6. The zero-order valence-electron chi connectivity index (χ0n) is 11.8. The van der Waals surface area contributed by atoms with E-state index in [1.165, 1.54) is 0 Å². The van der Waals surface area contributed by atoms with Gasteiger partial charge in [0.2, 0.25) is 5.91 Å². The molecular formula is C17H16N2O2. The summed E-state index contributed by atoms with van der Waals surface area (Å²) in [4.78, 5) is 26.3. The molecule has 4 heteroatoms. The summed E-state index contributed by atoms with van der Waals surface area (Å²) < 4.78 is 0. The normalized spacial score (nSPS) is 14.3. The second-order valence-corrected chi connectivity index (χ2v) is 5.07. The lowest BCUT2D eigenvalue weighted by atomic mass is 10.1. The fourth-order valence-corrected chi connectivity index (χ4v) is 2.76. The minimum absolute atomic E-state index is 0.122. The molecule has 2 amide bonds. The second kappa shape index (κ2) is 5.05. The molecule has 0 fully saturated rings.